The Hall–Kier alpha value is -4.55. The molecule has 9 nitrogen and oxygen atoms in total. The van der Waals surface area contributed by atoms with Gasteiger partial charge in [0.15, 0.2) is 11.3 Å². The molecule has 0 saturated carbocycles. The van der Waals surface area contributed by atoms with Crippen LogP contribution in [0.15, 0.2) is 48.5 Å². The summed E-state index contributed by atoms with van der Waals surface area (Å²) in [5, 5.41) is 17.5. The van der Waals surface area contributed by atoms with E-state index in [1.165, 1.54) is 12.1 Å². The molecule has 13 heteroatoms. The molecule has 0 atom stereocenters. The number of carbonyl (C=O) groups is 1. The summed E-state index contributed by atoms with van der Waals surface area (Å²) in [6.07, 6.45) is -6.27. The zero-order chi connectivity index (χ0) is 26.1. The molecular weight excluding hydrogens is 486 g/mol. The minimum absolute atomic E-state index is 0.0408. The molecule has 2 aromatic carbocycles. The van der Waals surface area contributed by atoms with Crippen molar-refractivity contribution in [3.8, 4) is 11.5 Å². The van der Waals surface area contributed by atoms with Crippen LogP contribution in [-0.4, -0.2) is 25.4 Å². The number of nitro groups is 1. The number of nitrogens with zero attached hydrogens (tertiary/aromatic N) is 4. The van der Waals surface area contributed by atoms with Gasteiger partial charge >= 0.3 is 0 Å². The van der Waals surface area contributed by atoms with Gasteiger partial charge in [0, 0.05) is 18.2 Å². The molecule has 36 heavy (non-hydrogen) atoms. The van der Waals surface area contributed by atoms with Gasteiger partial charge in [-0.05, 0) is 43.2 Å². The maximum atomic E-state index is 13.4. The van der Waals surface area contributed by atoms with Gasteiger partial charge < -0.3 is 10.1 Å². The number of hydrogen-bond donors (Lipinski definition) is 1. The van der Waals surface area contributed by atoms with Gasteiger partial charge in [0.2, 0.25) is 0 Å². The molecule has 0 aliphatic rings. The van der Waals surface area contributed by atoms with Crippen molar-refractivity contribution in [2.45, 2.75) is 26.7 Å². The normalized spacial score (nSPS) is 11.3. The van der Waals surface area contributed by atoms with E-state index in [9.17, 15) is 32.5 Å². The molecule has 0 radical (unpaired) electrons. The highest BCUT2D eigenvalue weighted by Gasteiger charge is 2.22. The zero-order valence-electron chi connectivity index (χ0n) is 18.7. The minimum atomic E-state index is -3.16. The molecule has 0 aliphatic carbocycles. The van der Waals surface area contributed by atoms with Crippen molar-refractivity contribution >= 4 is 22.9 Å². The first-order valence-corrected chi connectivity index (χ1v) is 10.3. The summed E-state index contributed by atoms with van der Waals surface area (Å²) in [4.78, 5) is 27.1. The zero-order valence-corrected chi connectivity index (χ0v) is 18.7. The maximum absolute atomic E-state index is 13.4. The van der Waals surface area contributed by atoms with E-state index < -0.39 is 40.8 Å². The van der Waals surface area contributed by atoms with Crippen LogP contribution in [-0.2, 0) is 0 Å². The number of non-ortho nitro benzene ring substituents is 1. The number of aromatic nitrogens is 3. The number of carbonyl (C=O) groups excluding carboxylic acids is 1. The molecule has 0 aliphatic heterocycles. The van der Waals surface area contributed by atoms with Crippen molar-refractivity contribution in [2.24, 2.45) is 0 Å². The van der Waals surface area contributed by atoms with Gasteiger partial charge in [0.05, 0.1) is 16.7 Å². The number of hydrogen-bond acceptors (Lipinski definition) is 6. The predicted octanol–water partition coefficient (Wildman–Crippen LogP) is 6.17. The fourth-order valence-electron chi connectivity index (χ4n) is 3.54. The van der Waals surface area contributed by atoms with Crippen molar-refractivity contribution in [3.05, 3.63) is 86.9 Å². The Balaban J connectivity index is 1.67. The lowest BCUT2D eigenvalue weighted by molar-refractivity contribution is -0.384. The monoisotopic (exact) mass is 503 g/mol. The maximum Gasteiger partial charge on any atom is 0.280 e. The van der Waals surface area contributed by atoms with Crippen LogP contribution in [0.5, 0.6) is 11.5 Å². The van der Waals surface area contributed by atoms with Crippen molar-refractivity contribution < 1.29 is 32.0 Å². The molecule has 2 heterocycles. The van der Waals surface area contributed by atoms with Gasteiger partial charge in [-0.25, -0.2) is 27.1 Å². The number of alkyl halides is 4. The third kappa shape index (κ3) is 5.24. The Labute approximate surface area is 200 Å². The van der Waals surface area contributed by atoms with E-state index in [0.717, 1.165) is 23.3 Å². The Kier molecular flexibility index (Phi) is 6.55. The van der Waals surface area contributed by atoms with Crippen LogP contribution in [0.4, 0.5) is 28.9 Å². The van der Waals surface area contributed by atoms with Gasteiger partial charge in [0.1, 0.15) is 22.9 Å². The third-order valence-corrected chi connectivity index (χ3v) is 4.95. The highest BCUT2D eigenvalue weighted by molar-refractivity contribution is 6.03. The summed E-state index contributed by atoms with van der Waals surface area (Å²) >= 11 is 0. The van der Waals surface area contributed by atoms with Gasteiger partial charge in [0.25, 0.3) is 24.4 Å². The summed E-state index contributed by atoms with van der Waals surface area (Å²) in [7, 11) is 0. The van der Waals surface area contributed by atoms with Crippen molar-refractivity contribution in [1.82, 2.24) is 14.6 Å². The molecule has 0 spiro atoms. The highest BCUT2D eigenvalue weighted by Crippen LogP contribution is 2.31. The van der Waals surface area contributed by atoms with E-state index in [4.69, 9.17) is 4.74 Å². The van der Waals surface area contributed by atoms with Crippen LogP contribution in [0.25, 0.3) is 5.65 Å². The molecule has 1 N–H and O–H groups in total. The van der Waals surface area contributed by atoms with Crippen LogP contribution in [0.2, 0.25) is 0 Å². The van der Waals surface area contributed by atoms with Crippen molar-refractivity contribution in [2.75, 3.05) is 5.32 Å². The Bertz CT molecular complexity index is 1470. The van der Waals surface area contributed by atoms with Gasteiger partial charge in [-0.3, -0.25) is 14.9 Å². The molecular formula is C23H17F4N5O4. The van der Waals surface area contributed by atoms with E-state index in [2.05, 4.69) is 15.4 Å². The standard InChI is InChI=1S/C23H17F4N5O4/c1-11-3-12(2)5-15(4-11)36-16-7-13(6-14(8-16)32(34)35)28-23(33)18-10-20-29-17(21(24)25)9-19(22(26)27)31(20)30-18/h3-10,21-22H,1-2H3,(H,28,33). The highest BCUT2D eigenvalue weighted by atomic mass is 19.3. The van der Waals surface area contributed by atoms with E-state index in [1.54, 1.807) is 12.1 Å². The molecule has 2 aromatic heterocycles. The number of nitrogens with one attached hydrogen (secondary N) is 1. The summed E-state index contributed by atoms with van der Waals surface area (Å²) in [5.41, 5.74) is -1.17. The number of ether oxygens (including phenoxy) is 1. The summed E-state index contributed by atoms with van der Waals surface area (Å²) < 4.78 is 59.2. The molecule has 186 valence electrons. The fraction of sp³-hybridized carbons (Fsp3) is 0.174. The first-order valence-electron chi connectivity index (χ1n) is 10.3. The second-order valence-electron chi connectivity index (χ2n) is 7.86. The topological polar surface area (TPSA) is 112 Å². The van der Waals surface area contributed by atoms with Crippen LogP contribution < -0.4 is 10.1 Å². The lowest BCUT2D eigenvalue weighted by Gasteiger charge is -2.10. The Morgan fingerprint density at radius 3 is 2.25 bits per heavy atom. The summed E-state index contributed by atoms with van der Waals surface area (Å²) in [6.45, 7) is 3.71. The van der Waals surface area contributed by atoms with E-state index in [0.29, 0.717) is 16.3 Å². The number of fused-ring (bicyclic) bond motifs is 1. The van der Waals surface area contributed by atoms with Gasteiger partial charge in [-0.2, -0.15) is 5.10 Å². The van der Waals surface area contributed by atoms with Crippen LogP contribution in [0, 0.1) is 24.0 Å². The second-order valence-corrected chi connectivity index (χ2v) is 7.86. The summed E-state index contributed by atoms with van der Waals surface area (Å²) in [6, 6.07) is 10.4. The number of anilines is 1. The van der Waals surface area contributed by atoms with Crippen LogP contribution in [0.3, 0.4) is 0 Å². The first-order chi connectivity index (χ1) is 17.0. The lowest BCUT2D eigenvalue weighted by Crippen LogP contribution is -2.13. The number of benzene rings is 2. The first kappa shape index (κ1) is 24.6. The Morgan fingerprint density at radius 1 is 0.972 bits per heavy atom. The average Bonchev–Trinajstić information content (AvgIpc) is 3.21. The Morgan fingerprint density at radius 2 is 1.64 bits per heavy atom. The number of aryl methyl sites for hydroxylation is 2. The van der Waals surface area contributed by atoms with E-state index in [1.807, 2.05) is 19.9 Å². The third-order valence-electron chi connectivity index (χ3n) is 4.95. The molecule has 4 aromatic rings. The van der Waals surface area contributed by atoms with Crippen molar-refractivity contribution in [3.63, 3.8) is 0 Å². The average molecular weight is 503 g/mol. The molecule has 0 fully saturated rings. The predicted molar refractivity (Wildman–Crippen MR) is 120 cm³/mol. The van der Waals surface area contributed by atoms with E-state index in [-0.39, 0.29) is 22.8 Å². The van der Waals surface area contributed by atoms with Gasteiger partial charge in [-0.15, -0.1) is 0 Å². The smallest absolute Gasteiger partial charge is 0.280 e. The molecule has 0 unspecified atom stereocenters. The molecule has 0 saturated heterocycles. The number of halogens is 4. The van der Waals surface area contributed by atoms with Crippen LogP contribution in [0.1, 0.15) is 45.9 Å². The number of rotatable bonds is 7. The largest absolute Gasteiger partial charge is 0.457 e. The van der Waals surface area contributed by atoms with Crippen LogP contribution >= 0.6 is 0 Å². The molecule has 4 rings (SSSR count). The SMILES string of the molecule is Cc1cc(C)cc(Oc2cc(NC(=O)c3cc4nc(C(F)F)cc(C(F)F)n4n3)cc([N+](=O)[O-])c2)c1. The second kappa shape index (κ2) is 9.60. The lowest BCUT2D eigenvalue weighted by atomic mass is 10.1. The quantitative estimate of drug-likeness (QED) is 0.183. The minimum Gasteiger partial charge on any atom is -0.457 e. The number of nitro benzene ring substituents is 1. The van der Waals surface area contributed by atoms with Crippen molar-refractivity contribution in [1.29, 1.82) is 0 Å². The van der Waals surface area contributed by atoms with Gasteiger partial charge in [-0.1, -0.05) is 6.07 Å². The summed E-state index contributed by atoms with van der Waals surface area (Å²) in [5.74, 6) is -0.453. The molecule has 0 bridgehead atoms. The molecule has 1 amide bonds. The van der Waals surface area contributed by atoms with E-state index >= 15 is 0 Å². The number of amides is 1. The fourth-order valence-corrected chi connectivity index (χ4v) is 3.54.